The molecule has 1 aromatic carbocycles. The Kier molecular flexibility index (Phi) is 7.70. The van der Waals surface area contributed by atoms with Crippen molar-refractivity contribution < 1.29 is 13.9 Å². The number of benzene rings is 1. The van der Waals surface area contributed by atoms with Crippen LogP contribution >= 0.6 is 27.5 Å². The van der Waals surface area contributed by atoms with Gasteiger partial charge >= 0.3 is 0 Å². The molecule has 1 aromatic heterocycles. The van der Waals surface area contributed by atoms with Crippen molar-refractivity contribution >= 4 is 47.5 Å². The van der Waals surface area contributed by atoms with Crippen LogP contribution in [0.2, 0.25) is 30.7 Å². The molecule has 1 saturated heterocycles. The maximum atomic E-state index is 13.8. The number of nitrogens with zero attached hydrogens (tertiary/aromatic N) is 4. The van der Waals surface area contributed by atoms with Gasteiger partial charge in [0.15, 0.2) is 0 Å². The number of hydrogen-bond donors (Lipinski definition) is 0. The van der Waals surface area contributed by atoms with Gasteiger partial charge in [-0.15, -0.1) is 5.10 Å². The first-order valence-corrected chi connectivity index (χ1v) is 15.0. The molecular weight excluding hydrogens is 491 g/mol. The Morgan fingerprint density at radius 3 is 2.83 bits per heavy atom. The number of anilines is 1. The van der Waals surface area contributed by atoms with E-state index in [4.69, 9.17) is 16.3 Å². The summed E-state index contributed by atoms with van der Waals surface area (Å²) < 4.78 is 21.6. The van der Waals surface area contributed by atoms with Crippen LogP contribution in [0.5, 0.6) is 0 Å². The molecule has 0 N–H and O–H groups in total. The van der Waals surface area contributed by atoms with E-state index in [1.54, 1.807) is 15.6 Å². The predicted octanol–water partition coefficient (Wildman–Crippen LogP) is 5.13. The van der Waals surface area contributed by atoms with Crippen LogP contribution in [0.15, 0.2) is 22.9 Å². The largest absolute Gasteiger partial charge is 0.359 e. The third kappa shape index (κ3) is 6.12. The Morgan fingerprint density at radius 2 is 2.13 bits per heavy atom. The van der Waals surface area contributed by atoms with Crippen molar-refractivity contribution in [1.29, 1.82) is 0 Å². The highest BCUT2D eigenvalue weighted by atomic mass is 79.9. The van der Waals surface area contributed by atoms with Crippen LogP contribution < -0.4 is 4.90 Å². The van der Waals surface area contributed by atoms with E-state index in [-0.39, 0.29) is 23.6 Å². The lowest BCUT2D eigenvalue weighted by atomic mass is 9.90. The number of aromatic nitrogens is 3. The van der Waals surface area contributed by atoms with Crippen LogP contribution in [0.25, 0.3) is 0 Å². The lowest BCUT2D eigenvalue weighted by Gasteiger charge is -2.31. The van der Waals surface area contributed by atoms with Gasteiger partial charge in [0.2, 0.25) is 16.6 Å². The van der Waals surface area contributed by atoms with E-state index in [9.17, 15) is 9.18 Å². The van der Waals surface area contributed by atoms with E-state index in [1.807, 2.05) is 0 Å². The third-order valence-electron chi connectivity index (χ3n) is 5.09. The Hall–Kier alpha value is -1.29. The van der Waals surface area contributed by atoms with Crippen molar-refractivity contribution in [2.75, 3.05) is 18.1 Å². The summed E-state index contributed by atoms with van der Waals surface area (Å²) in [6.45, 7) is 8.37. The van der Waals surface area contributed by atoms with Gasteiger partial charge in [-0.1, -0.05) is 37.3 Å². The molecule has 1 amide bonds. The number of amides is 1. The van der Waals surface area contributed by atoms with Gasteiger partial charge in [0.1, 0.15) is 12.5 Å². The van der Waals surface area contributed by atoms with Crippen LogP contribution in [0, 0.1) is 11.7 Å². The monoisotopic (exact) mass is 516 g/mol. The Balaban J connectivity index is 1.69. The van der Waals surface area contributed by atoms with Crippen LogP contribution in [-0.2, 0) is 22.7 Å². The normalized spacial score (nSPS) is 17.6. The van der Waals surface area contributed by atoms with Gasteiger partial charge in [-0.25, -0.2) is 9.07 Å². The van der Waals surface area contributed by atoms with E-state index in [0.29, 0.717) is 30.3 Å². The second-order valence-corrected chi connectivity index (χ2v) is 15.5. The number of hydrogen-bond acceptors (Lipinski definition) is 4. The van der Waals surface area contributed by atoms with Crippen molar-refractivity contribution in [1.82, 2.24) is 14.8 Å². The molecule has 1 aliphatic rings. The topological polar surface area (TPSA) is 60.2 Å². The summed E-state index contributed by atoms with van der Waals surface area (Å²) in [4.78, 5) is 19.3. The minimum absolute atomic E-state index is 0.0279. The standard InChI is InChI=1S/C20H27BrClFN4O2Si/c1-30(2,3)10-9-29-13-27-20(24-19(21)25-27)26-8-4-5-15(18(26)28)11-14-6-7-16(22)17(23)12-14/h6-7,12,15H,4-5,8-11,13H2,1-3H3. The predicted molar refractivity (Wildman–Crippen MR) is 122 cm³/mol. The molecule has 164 valence electrons. The zero-order valence-electron chi connectivity index (χ0n) is 17.5. The van der Waals surface area contributed by atoms with E-state index < -0.39 is 13.9 Å². The molecule has 0 bridgehead atoms. The van der Waals surface area contributed by atoms with Gasteiger partial charge in [-0.3, -0.25) is 9.69 Å². The summed E-state index contributed by atoms with van der Waals surface area (Å²) in [5.41, 5.74) is 0.759. The lowest BCUT2D eigenvalue weighted by molar-refractivity contribution is -0.123. The molecule has 2 aromatic rings. The van der Waals surface area contributed by atoms with E-state index in [2.05, 4.69) is 45.7 Å². The average molecular weight is 518 g/mol. The van der Waals surface area contributed by atoms with E-state index in [1.165, 1.54) is 12.1 Å². The Labute approximate surface area is 190 Å². The molecule has 30 heavy (non-hydrogen) atoms. The second kappa shape index (κ2) is 9.89. The number of ether oxygens (including phenoxy) is 1. The zero-order chi connectivity index (χ0) is 21.9. The van der Waals surface area contributed by atoms with Gasteiger partial charge in [0, 0.05) is 27.1 Å². The van der Waals surface area contributed by atoms with Gasteiger partial charge in [-0.2, -0.15) is 4.98 Å². The molecule has 3 rings (SSSR count). The van der Waals surface area contributed by atoms with Gasteiger partial charge in [0.05, 0.1) is 5.02 Å². The Morgan fingerprint density at radius 1 is 1.37 bits per heavy atom. The third-order valence-corrected chi connectivity index (χ3v) is 7.44. The number of rotatable bonds is 8. The summed E-state index contributed by atoms with van der Waals surface area (Å²) in [7, 11) is -1.18. The quantitative estimate of drug-likeness (QED) is 0.360. The first-order chi connectivity index (χ1) is 14.1. The molecule has 1 aliphatic heterocycles. The molecule has 10 heteroatoms. The van der Waals surface area contributed by atoms with Gasteiger partial charge in [0.25, 0.3) is 0 Å². The van der Waals surface area contributed by atoms with Crippen molar-refractivity contribution in [3.05, 3.63) is 39.3 Å². The van der Waals surface area contributed by atoms with Crippen molar-refractivity contribution in [2.45, 2.75) is 51.7 Å². The first kappa shape index (κ1) is 23.4. The zero-order valence-corrected chi connectivity index (χ0v) is 20.8. The molecular formula is C20H27BrClFN4O2Si. The fraction of sp³-hybridized carbons (Fsp3) is 0.550. The van der Waals surface area contributed by atoms with Crippen molar-refractivity contribution in [2.24, 2.45) is 5.92 Å². The van der Waals surface area contributed by atoms with E-state index >= 15 is 0 Å². The van der Waals surface area contributed by atoms with Crippen LogP contribution in [0.4, 0.5) is 10.3 Å². The number of halogens is 3. The molecule has 0 radical (unpaired) electrons. The number of piperidine rings is 1. The highest BCUT2D eigenvalue weighted by molar-refractivity contribution is 9.10. The smallest absolute Gasteiger partial charge is 0.233 e. The highest BCUT2D eigenvalue weighted by Gasteiger charge is 2.33. The van der Waals surface area contributed by atoms with Crippen LogP contribution in [-0.4, -0.2) is 41.9 Å². The fourth-order valence-corrected chi connectivity index (χ4v) is 4.64. The minimum atomic E-state index is -1.18. The van der Waals surface area contributed by atoms with E-state index in [0.717, 1.165) is 24.4 Å². The maximum Gasteiger partial charge on any atom is 0.233 e. The number of carbonyl (C=O) groups is 1. The molecule has 0 saturated carbocycles. The molecule has 0 aliphatic carbocycles. The molecule has 1 fully saturated rings. The summed E-state index contributed by atoms with van der Waals surface area (Å²) in [6.07, 6.45) is 2.06. The van der Waals surface area contributed by atoms with Gasteiger partial charge < -0.3 is 4.74 Å². The maximum absolute atomic E-state index is 13.8. The SMILES string of the molecule is C[Si](C)(C)CCOCn1nc(Br)nc1N1CCCC(Cc2ccc(Cl)c(F)c2)C1=O. The molecule has 1 unspecified atom stereocenters. The number of carbonyl (C=O) groups excluding carboxylic acids is 1. The van der Waals surface area contributed by atoms with Crippen molar-refractivity contribution in [3.8, 4) is 0 Å². The molecule has 2 heterocycles. The summed E-state index contributed by atoms with van der Waals surface area (Å²) in [5, 5.41) is 4.42. The van der Waals surface area contributed by atoms with Crippen LogP contribution in [0.3, 0.4) is 0 Å². The van der Waals surface area contributed by atoms with Crippen molar-refractivity contribution in [3.63, 3.8) is 0 Å². The lowest BCUT2D eigenvalue weighted by Crippen LogP contribution is -2.43. The highest BCUT2D eigenvalue weighted by Crippen LogP contribution is 2.28. The second-order valence-electron chi connectivity index (χ2n) is 8.81. The summed E-state index contributed by atoms with van der Waals surface area (Å²) >= 11 is 9.08. The molecule has 6 nitrogen and oxygen atoms in total. The molecule has 0 spiro atoms. The van der Waals surface area contributed by atoms with Crippen LogP contribution in [0.1, 0.15) is 18.4 Å². The summed E-state index contributed by atoms with van der Waals surface area (Å²) in [6, 6.07) is 5.76. The van der Waals surface area contributed by atoms with Gasteiger partial charge in [-0.05, 0) is 58.9 Å². The molecule has 1 atom stereocenters. The summed E-state index contributed by atoms with van der Waals surface area (Å²) in [5.74, 6) is -0.254. The Bertz CT molecular complexity index is 905. The first-order valence-electron chi connectivity index (χ1n) is 10.1. The minimum Gasteiger partial charge on any atom is -0.359 e. The average Bonchev–Trinajstić information content (AvgIpc) is 3.03. The fourth-order valence-electron chi connectivity index (χ4n) is 3.41.